The zero-order valence-corrected chi connectivity index (χ0v) is 10.4. The van der Waals surface area contributed by atoms with Gasteiger partial charge in [0.15, 0.2) is 0 Å². The lowest BCUT2D eigenvalue weighted by Crippen LogP contribution is -2.33. The fourth-order valence-corrected chi connectivity index (χ4v) is 2.18. The number of phenolic OH excluding ortho intramolecular Hbond substituents is 1. The highest BCUT2D eigenvalue weighted by Crippen LogP contribution is 2.28. The number of hydrogen-bond acceptors (Lipinski definition) is 4. The summed E-state index contributed by atoms with van der Waals surface area (Å²) in [5.74, 6) is 0.192. The highest BCUT2D eigenvalue weighted by Gasteiger charge is 2.40. The standard InChI is InChI=1S/C13H18N2O3/c1-13(6-7-14)9-15(12(17)18-13)8-10-4-2-3-5-11(10)16/h2-5,16H,6-9,14H2,1H3. The molecule has 98 valence electrons. The number of phenols is 1. The van der Waals surface area contributed by atoms with Gasteiger partial charge in [-0.1, -0.05) is 18.2 Å². The average molecular weight is 250 g/mol. The molecule has 1 aromatic carbocycles. The van der Waals surface area contributed by atoms with Gasteiger partial charge in [-0.25, -0.2) is 4.79 Å². The Kier molecular flexibility index (Phi) is 3.43. The molecule has 1 heterocycles. The lowest BCUT2D eigenvalue weighted by Gasteiger charge is -2.20. The number of aromatic hydroxyl groups is 1. The molecule has 1 fully saturated rings. The summed E-state index contributed by atoms with van der Waals surface area (Å²) in [6.45, 7) is 3.21. The summed E-state index contributed by atoms with van der Waals surface area (Å²) in [5, 5.41) is 9.69. The van der Waals surface area contributed by atoms with E-state index in [1.807, 2.05) is 13.0 Å². The lowest BCUT2D eigenvalue weighted by molar-refractivity contribution is 0.0669. The monoisotopic (exact) mass is 250 g/mol. The van der Waals surface area contributed by atoms with E-state index in [1.165, 1.54) is 0 Å². The van der Waals surface area contributed by atoms with Crippen molar-refractivity contribution in [1.82, 2.24) is 4.90 Å². The number of cyclic esters (lactones) is 1. The SMILES string of the molecule is CC1(CCN)CN(Cc2ccccc2O)C(=O)O1. The van der Waals surface area contributed by atoms with Gasteiger partial charge >= 0.3 is 6.09 Å². The first-order valence-corrected chi connectivity index (χ1v) is 5.99. The molecule has 0 aliphatic carbocycles. The summed E-state index contributed by atoms with van der Waals surface area (Å²) in [6.07, 6.45) is 0.282. The van der Waals surface area contributed by atoms with Gasteiger partial charge in [-0.15, -0.1) is 0 Å². The molecular formula is C13H18N2O3. The average Bonchev–Trinajstić information content (AvgIpc) is 2.57. The third-order valence-electron chi connectivity index (χ3n) is 3.14. The predicted octanol–water partition coefficient (Wildman–Crippen LogP) is 1.45. The predicted molar refractivity (Wildman–Crippen MR) is 67.1 cm³/mol. The molecule has 0 radical (unpaired) electrons. The van der Waals surface area contributed by atoms with Crippen LogP contribution in [0.4, 0.5) is 4.79 Å². The van der Waals surface area contributed by atoms with Crippen LogP contribution in [0.15, 0.2) is 24.3 Å². The third kappa shape index (κ3) is 2.56. The number of ether oxygens (including phenoxy) is 1. The van der Waals surface area contributed by atoms with Crippen LogP contribution in [0.5, 0.6) is 5.75 Å². The van der Waals surface area contributed by atoms with E-state index in [0.29, 0.717) is 31.6 Å². The van der Waals surface area contributed by atoms with Crippen LogP contribution in [0.25, 0.3) is 0 Å². The molecule has 2 rings (SSSR count). The maximum absolute atomic E-state index is 11.8. The number of carbonyl (C=O) groups is 1. The van der Waals surface area contributed by atoms with Crippen LogP contribution >= 0.6 is 0 Å². The van der Waals surface area contributed by atoms with Gasteiger partial charge in [-0.05, 0) is 19.5 Å². The molecule has 1 aromatic rings. The van der Waals surface area contributed by atoms with Crippen LogP contribution in [0.2, 0.25) is 0 Å². The first kappa shape index (κ1) is 12.7. The van der Waals surface area contributed by atoms with Crippen molar-refractivity contribution >= 4 is 6.09 Å². The van der Waals surface area contributed by atoms with Gasteiger partial charge in [-0.3, -0.25) is 4.90 Å². The molecule has 0 bridgehead atoms. The summed E-state index contributed by atoms with van der Waals surface area (Å²) in [6, 6.07) is 6.98. The van der Waals surface area contributed by atoms with Crippen molar-refractivity contribution in [2.24, 2.45) is 5.73 Å². The molecule has 1 aliphatic heterocycles. The van der Waals surface area contributed by atoms with E-state index >= 15 is 0 Å². The van der Waals surface area contributed by atoms with Crippen molar-refractivity contribution in [1.29, 1.82) is 0 Å². The molecule has 3 N–H and O–H groups in total. The van der Waals surface area contributed by atoms with Crippen molar-refractivity contribution in [3.63, 3.8) is 0 Å². The van der Waals surface area contributed by atoms with Gasteiger partial charge in [0, 0.05) is 12.0 Å². The van der Waals surface area contributed by atoms with Crippen LogP contribution in [0, 0.1) is 0 Å². The Morgan fingerprint density at radius 2 is 2.22 bits per heavy atom. The Labute approximate surface area is 106 Å². The molecule has 0 aromatic heterocycles. The van der Waals surface area contributed by atoms with Crippen LogP contribution in [-0.2, 0) is 11.3 Å². The van der Waals surface area contributed by atoms with Crippen molar-refractivity contribution in [2.75, 3.05) is 13.1 Å². The van der Waals surface area contributed by atoms with Gasteiger partial charge < -0.3 is 15.6 Å². The topological polar surface area (TPSA) is 75.8 Å². The maximum Gasteiger partial charge on any atom is 0.410 e. The Morgan fingerprint density at radius 1 is 1.50 bits per heavy atom. The molecule has 1 amide bonds. The van der Waals surface area contributed by atoms with Crippen molar-refractivity contribution in [3.8, 4) is 5.75 Å². The van der Waals surface area contributed by atoms with E-state index in [1.54, 1.807) is 23.1 Å². The Bertz CT molecular complexity index is 450. The maximum atomic E-state index is 11.8. The number of carbonyl (C=O) groups excluding carboxylic acids is 1. The van der Waals surface area contributed by atoms with E-state index in [9.17, 15) is 9.90 Å². The number of nitrogens with zero attached hydrogens (tertiary/aromatic N) is 1. The number of amides is 1. The first-order chi connectivity index (χ1) is 8.54. The molecule has 5 nitrogen and oxygen atoms in total. The fourth-order valence-electron chi connectivity index (χ4n) is 2.18. The lowest BCUT2D eigenvalue weighted by atomic mass is 10.0. The minimum absolute atomic E-state index is 0.192. The van der Waals surface area contributed by atoms with E-state index in [0.717, 1.165) is 0 Å². The number of hydrogen-bond donors (Lipinski definition) is 2. The van der Waals surface area contributed by atoms with E-state index in [4.69, 9.17) is 10.5 Å². The molecule has 1 atom stereocenters. The van der Waals surface area contributed by atoms with Gasteiger partial charge in [0.2, 0.25) is 0 Å². The summed E-state index contributed by atoms with van der Waals surface area (Å²) >= 11 is 0. The second-order valence-electron chi connectivity index (χ2n) is 4.84. The Hall–Kier alpha value is -1.75. The number of para-hydroxylation sites is 1. The molecule has 18 heavy (non-hydrogen) atoms. The number of rotatable bonds is 4. The van der Waals surface area contributed by atoms with Crippen molar-refractivity contribution < 1.29 is 14.6 Å². The smallest absolute Gasteiger partial charge is 0.410 e. The minimum atomic E-state index is -0.518. The fraction of sp³-hybridized carbons (Fsp3) is 0.462. The molecule has 1 unspecified atom stereocenters. The zero-order valence-electron chi connectivity index (χ0n) is 10.4. The Morgan fingerprint density at radius 3 is 2.89 bits per heavy atom. The summed E-state index contributed by atoms with van der Waals surface area (Å²) in [5.41, 5.74) is 5.71. The Balaban J connectivity index is 2.07. The number of nitrogens with two attached hydrogens (primary N) is 1. The first-order valence-electron chi connectivity index (χ1n) is 5.99. The highest BCUT2D eigenvalue weighted by atomic mass is 16.6. The molecule has 1 saturated heterocycles. The van der Waals surface area contributed by atoms with E-state index < -0.39 is 5.60 Å². The van der Waals surface area contributed by atoms with Crippen LogP contribution < -0.4 is 5.73 Å². The molecular weight excluding hydrogens is 232 g/mol. The largest absolute Gasteiger partial charge is 0.508 e. The third-order valence-corrected chi connectivity index (χ3v) is 3.14. The van der Waals surface area contributed by atoms with Gasteiger partial charge in [0.1, 0.15) is 11.4 Å². The van der Waals surface area contributed by atoms with Crippen LogP contribution in [0.3, 0.4) is 0 Å². The molecule has 5 heteroatoms. The second-order valence-corrected chi connectivity index (χ2v) is 4.84. The van der Waals surface area contributed by atoms with Crippen LogP contribution in [-0.4, -0.2) is 34.8 Å². The van der Waals surface area contributed by atoms with Crippen molar-refractivity contribution in [2.45, 2.75) is 25.5 Å². The highest BCUT2D eigenvalue weighted by molar-refractivity contribution is 5.70. The molecule has 0 spiro atoms. The summed E-state index contributed by atoms with van der Waals surface area (Å²) < 4.78 is 5.34. The van der Waals surface area contributed by atoms with Crippen LogP contribution in [0.1, 0.15) is 18.9 Å². The minimum Gasteiger partial charge on any atom is -0.508 e. The number of benzene rings is 1. The molecule has 1 aliphatic rings. The van der Waals surface area contributed by atoms with E-state index in [2.05, 4.69) is 0 Å². The summed E-state index contributed by atoms with van der Waals surface area (Å²) in [4.78, 5) is 13.3. The van der Waals surface area contributed by atoms with Gasteiger partial charge in [0.05, 0.1) is 13.1 Å². The van der Waals surface area contributed by atoms with Gasteiger partial charge in [-0.2, -0.15) is 0 Å². The van der Waals surface area contributed by atoms with E-state index in [-0.39, 0.29) is 11.8 Å². The van der Waals surface area contributed by atoms with Crippen molar-refractivity contribution in [3.05, 3.63) is 29.8 Å². The second kappa shape index (κ2) is 4.86. The zero-order chi connectivity index (χ0) is 13.2. The quantitative estimate of drug-likeness (QED) is 0.848. The summed E-state index contributed by atoms with van der Waals surface area (Å²) in [7, 11) is 0. The molecule has 0 saturated carbocycles. The van der Waals surface area contributed by atoms with Gasteiger partial charge in [0.25, 0.3) is 0 Å². The normalized spacial score (nSPS) is 23.2.